The van der Waals surface area contributed by atoms with Gasteiger partial charge in [0, 0.05) is 18.0 Å². The van der Waals surface area contributed by atoms with E-state index in [1.54, 1.807) is 32.2 Å². The minimum Gasteiger partial charge on any atom is -0.482 e. The summed E-state index contributed by atoms with van der Waals surface area (Å²) in [6, 6.07) is 3.03. The molecule has 2 aliphatic heterocycles. The fourth-order valence-electron chi connectivity index (χ4n) is 5.90. The molecule has 0 bridgehead atoms. The van der Waals surface area contributed by atoms with Gasteiger partial charge >= 0.3 is 0 Å². The van der Waals surface area contributed by atoms with Gasteiger partial charge in [0.05, 0.1) is 23.6 Å². The van der Waals surface area contributed by atoms with E-state index >= 15 is 4.39 Å². The minimum atomic E-state index is -1.55. The van der Waals surface area contributed by atoms with E-state index in [1.165, 1.54) is 16.8 Å². The zero-order valence-corrected chi connectivity index (χ0v) is 23.0. The van der Waals surface area contributed by atoms with Crippen LogP contribution in [0.3, 0.4) is 0 Å². The van der Waals surface area contributed by atoms with E-state index in [0.717, 1.165) is 30.2 Å². The summed E-state index contributed by atoms with van der Waals surface area (Å²) in [6.45, 7) is 3.13. The average Bonchev–Trinajstić information content (AvgIpc) is 3.30. The fourth-order valence-corrected chi connectivity index (χ4v) is 6.09. The van der Waals surface area contributed by atoms with Crippen molar-refractivity contribution in [1.82, 2.24) is 24.8 Å². The summed E-state index contributed by atoms with van der Waals surface area (Å²) in [7, 11) is 0. The van der Waals surface area contributed by atoms with E-state index in [9.17, 15) is 14.3 Å². The molecule has 3 aromatic rings. The van der Waals surface area contributed by atoms with Crippen molar-refractivity contribution in [1.29, 1.82) is 0 Å². The number of allylic oxidation sites excluding steroid dienone is 1. The first-order valence-corrected chi connectivity index (χ1v) is 13.9. The monoisotopic (exact) mass is 569 g/mol. The highest BCUT2D eigenvalue weighted by atomic mass is 35.5. The van der Waals surface area contributed by atoms with Crippen molar-refractivity contribution in [3.8, 4) is 5.75 Å². The molecule has 5 heterocycles. The van der Waals surface area contributed by atoms with Gasteiger partial charge in [0.1, 0.15) is 34.3 Å². The van der Waals surface area contributed by atoms with E-state index in [4.69, 9.17) is 16.3 Å². The van der Waals surface area contributed by atoms with Gasteiger partial charge in [-0.15, -0.1) is 0 Å². The Bertz CT molecular complexity index is 1550. The molecule has 0 radical (unpaired) electrons. The normalized spacial score (nSPS) is 24.1. The molecule has 3 aliphatic rings. The summed E-state index contributed by atoms with van der Waals surface area (Å²) in [5, 5.41) is 13.4. The maximum absolute atomic E-state index is 16.5. The Labute approximate surface area is 235 Å². The van der Waals surface area contributed by atoms with Gasteiger partial charge in [-0.1, -0.05) is 11.6 Å². The van der Waals surface area contributed by atoms with Gasteiger partial charge in [-0.3, -0.25) is 9.78 Å². The number of ether oxygens (including phenoxy) is 1. The van der Waals surface area contributed by atoms with Crippen molar-refractivity contribution in [3.63, 3.8) is 0 Å². The summed E-state index contributed by atoms with van der Waals surface area (Å²) in [5.41, 5.74) is 1.36. The van der Waals surface area contributed by atoms with Crippen LogP contribution in [0.4, 0.5) is 8.78 Å². The Morgan fingerprint density at radius 3 is 2.80 bits per heavy atom. The van der Waals surface area contributed by atoms with Gasteiger partial charge in [-0.05, 0) is 81.8 Å². The molecule has 40 heavy (non-hydrogen) atoms. The van der Waals surface area contributed by atoms with Crippen LogP contribution in [0, 0.1) is 5.82 Å². The van der Waals surface area contributed by atoms with Crippen molar-refractivity contribution in [2.24, 2.45) is 0 Å². The molecular formula is C29H30ClF2N5O3. The molecule has 0 amide bonds. The number of pyridine rings is 2. The highest BCUT2D eigenvalue weighted by Gasteiger charge is 2.41. The number of halogens is 3. The topological polar surface area (TPSA) is 102 Å². The second kappa shape index (κ2) is 10.2. The Kier molecular flexibility index (Phi) is 6.86. The van der Waals surface area contributed by atoms with Crippen LogP contribution in [0.5, 0.6) is 5.75 Å². The van der Waals surface area contributed by atoms with Gasteiger partial charge in [-0.2, -0.15) is 0 Å². The van der Waals surface area contributed by atoms with Gasteiger partial charge in [0.2, 0.25) is 0 Å². The number of aryl methyl sites for hydroxylation is 2. The minimum absolute atomic E-state index is 0.132. The third kappa shape index (κ3) is 4.77. The second-order valence-electron chi connectivity index (χ2n) is 11.2. The zero-order valence-electron chi connectivity index (χ0n) is 22.2. The SMILES string of the molecule is CC(C)(O)c1nccc([C@@H]2NC=C3CCCCc4cc(OC5CCc6cc(F)cnc65)c(Cl)c(=O)n4C3[C@@H]2F)n1. The Hall–Kier alpha value is -3.37. The smallest absolute Gasteiger partial charge is 0.274 e. The maximum Gasteiger partial charge on any atom is 0.274 e. The number of rotatable bonds is 4. The summed E-state index contributed by atoms with van der Waals surface area (Å²) in [5.74, 6) is -0.000914. The average molecular weight is 570 g/mol. The standard InChI is InChI=1S/C29H30ClF2N5O3/c1-29(2,39)28-33-10-9-19(36-28)25-23(32)26-16(13-34-25)5-3-4-6-18-12-21(22(30)27(38)37(18)26)40-20-8-7-15-11-17(31)14-35-24(15)20/h9-14,20,23,25-26,34,39H,3-8H2,1-2H3/t20?,23-,25+,26?/m1/s1. The Balaban J connectivity index is 1.38. The summed E-state index contributed by atoms with van der Waals surface area (Å²) >= 11 is 6.61. The van der Waals surface area contributed by atoms with Crippen molar-refractivity contribution in [3.05, 3.63) is 92.0 Å². The van der Waals surface area contributed by atoms with Crippen molar-refractivity contribution in [2.75, 3.05) is 0 Å². The van der Waals surface area contributed by atoms with Crippen molar-refractivity contribution in [2.45, 2.75) is 82.3 Å². The summed E-state index contributed by atoms with van der Waals surface area (Å²) in [4.78, 5) is 26.6. The van der Waals surface area contributed by atoms with Crippen molar-refractivity contribution < 1.29 is 18.6 Å². The largest absolute Gasteiger partial charge is 0.482 e. The molecule has 0 saturated carbocycles. The summed E-state index contributed by atoms with van der Waals surface area (Å²) < 4.78 is 37.8. The van der Waals surface area contributed by atoms with Crippen LogP contribution in [-0.2, 0) is 18.4 Å². The lowest BCUT2D eigenvalue weighted by Gasteiger charge is -2.38. The fraction of sp³-hybridized carbons (Fsp3) is 0.448. The predicted molar refractivity (Wildman–Crippen MR) is 144 cm³/mol. The molecule has 0 saturated heterocycles. The molecule has 210 valence electrons. The van der Waals surface area contributed by atoms with Crippen LogP contribution in [-0.4, -0.2) is 30.8 Å². The Morgan fingerprint density at radius 2 is 2.00 bits per heavy atom. The molecule has 4 atom stereocenters. The number of alkyl halides is 1. The molecule has 11 heteroatoms. The third-order valence-corrected chi connectivity index (χ3v) is 8.21. The number of hydrogen-bond donors (Lipinski definition) is 2. The molecule has 2 unspecified atom stereocenters. The number of aliphatic hydroxyl groups is 1. The number of nitrogens with one attached hydrogen (secondary N) is 1. The van der Waals surface area contributed by atoms with E-state index in [1.807, 2.05) is 0 Å². The first-order chi connectivity index (χ1) is 19.1. The van der Waals surface area contributed by atoms with E-state index in [0.29, 0.717) is 42.8 Å². The van der Waals surface area contributed by atoms with Crippen molar-refractivity contribution >= 4 is 11.6 Å². The van der Waals surface area contributed by atoms with E-state index in [-0.39, 0.29) is 16.6 Å². The van der Waals surface area contributed by atoms with Crippen LogP contribution in [0.1, 0.15) is 86.2 Å². The lowest BCUT2D eigenvalue weighted by Crippen LogP contribution is -2.44. The number of nitrogens with zero attached hydrogens (tertiary/aromatic N) is 4. The van der Waals surface area contributed by atoms with Crippen LogP contribution >= 0.6 is 11.6 Å². The molecule has 2 N–H and O–H groups in total. The molecule has 0 fully saturated rings. The van der Waals surface area contributed by atoms with Crippen LogP contribution in [0.25, 0.3) is 0 Å². The first kappa shape index (κ1) is 26.8. The number of aromatic nitrogens is 4. The van der Waals surface area contributed by atoms with Gasteiger partial charge in [0.15, 0.2) is 12.0 Å². The quantitative estimate of drug-likeness (QED) is 0.458. The lowest BCUT2D eigenvalue weighted by atomic mass is 9.87. The predicted octanol–water partition coefficient (Wildman–Crippen LogP) is 4.95. The van der Waals surface area contributed by atoms with E-state index in [2.05, 4.69) is 20.3 Å². The van der Waals surface area contributed by atoms with Gasteiger partial charge < -0.3 is 19.7 Å². The maximum atomic E-state index is 16.5. The number of hydrogen-bond acceptors (Lipinski definition) is 7. The van der Waals surface area contributed by atoms with Crippen LogP contribution in [0.2, 0.25) is 5.02 Å². The van der Waals surface area contributed by atoms with Gasteiger partial charge in [0.25, 0.3) is 5.56 Å². The highest BCUT2D eigenvalue weighted by molar-refractivity contribution is 6.31. The molecule has 1 aliphatic carbocycles. The molecular weight excluding hydrogens is 540 g/mol. The molecule has 8 nitrogen and oxygen atoms in total. The molecule has 3 aromatic heterocycles. The second-order valence-corrected chi connectivity index (χ2v) is 11.5. The highest BCUT2D eigenvalue weighted by Crippen LogP contribution is 2.42. The van der Waals surface area contributed by atoms with Gasteiger partial charge in [-0.25, -0.2) is 18.7 Å². The Morgan fingerprint density at radius 1 is 1.20 bits per heavy atom. The summed E-state index contributed by atoms with van der Waals surface area (Å²) in [6.07, 6.45) is 6.43. The first-order valence-electron chi connectivity index (χ1n) is 13.5. The molecule has 0 spiro atoms. The zero-order chi connectivity index (χ0) is 28.2. The number of fused-ring (bicyclic) bond motifs is 4. The molecule has 6 rings (SSSR count). The molecule has 0 aromatic carbocycles. The van der Waals surface area contributed by atoms with E-state index < -0.39 is 41.3 Å². The van der Waals surface area contributed by atoms with Crippen LogP contribution in [0.15, 0.2) is 47.2 Å². The van der Waals surface area contributed by atoms with Crippen LogP contribution < -0.4 is 15.6 Å². The lowest BCUT2D eigenvalue weighted by molar-refractivity contribution is 0.0678. The third-order valence-electron chi connectivity index (χ3n) is 7.87.